The van der Waals surface area contributed by atoms with Crippen LogP contribution in [0.25, 0.3) is 0 Å². The van der Waals surface area contributed by atoms with Crippen LogP contribution >= 0.6 is 0 Å². The monoisotopic (exact) mass is 745 g/mol. The number of ether oxygens (including phenoxy) is 4. The van der Waals surface area contributed by atoms with Crippen molar-refractivity contribution >= 4 is 41.0 Å². The number of hydrogen-bond acceptors (Lipinski definition) is 11. The number of rotatable bonds is 20. The van der Waals surface area contributed by atoms with Gasteiger partial charge in [-0.25, -0.2) is 9.59 Å². The molecule has 3 amide bonds. The predicted octanol–water partition coefficient (Wildman–Crippen LogP) is 5.12. The summed E-state index contributed by atoms with van der Waals surface area (Å²) in [6.07, 6.45) is 1.71. The highest BCUT2D eigenvalue weighted by atomic mass is 16.6. The Morgan fingerprint density at radius 2 is 1.52 bits per heavy atom. The first-order valence-corrected chi connectivity index (χ1v) is 17.6. The Kier molecular flexibility index (Phi) is 15.9. The first kappa shape index (κ1) is 42.4. The van der Waals surface area contributed by atoms with Gasteiger partial charge in [-0.1, -0.05) is 18.2 Å². The molecule has 0 radical (unpaired) electrons. The second kappa shape index (κ2) is 20.3. The molecule has 6 N–H and O–H groups in total. The number of methoxy groups -OCH3 is 1. The third-order valence-electron chi connectivity index (χ3n) is 7.95. The Morgan fingerprint density at radius 1 is 0.833 bits per heavy atom. The smallest absolute Gasteiger partial charge is 0.407 e. The largest absolute Gasteiger partial charge is 0.494 e. The molecule has 0 saturated carbocycles. The lowest BCUT2D eigenvalue weighted by Gasteiger charge is -2.23. The van der Waals surface area contributed by atoms with E-state index in [-0.39, 0.29) is 47.7 Å². The normalized spacial score (nSPS) is 10.8. The number of anilines is 2. The first-order chi connectivity index (χ1) is 25.7. The van der Waals surface area contributed by atoms with Crippen LogP contribution in [0.4, 0.5) is 16.2 Å². The number of carbonyl (C=O) groups excluding carboxylic acids is 5. The SMILES string of the molecule is COc1c(C(=O)c2ccccc2OCCCNC(=O)OC(C)(C)C)ccc(C(=O)N(C)c2ccc(C)cc2OCCCCC(=C=O)NCCC(N)=O)c1N. The molecule has 0 unspecified atom stereocenters. The van der Waals surface area contributed by atoms with Gasteiger partial charge >= 0.3 is 6.09 Å². The molecule has 3 aromatic rings. The number of nitrogens with zero attached hydrogens (tertiary/aromatic N) is 1. The van der Waals surface area contributed by atoms with E-state index in [9.17, 15) is 24.0 Å². The number of alkyl carbamates (subject to hydrolysis) is 1. The van der Waals surface area contributed by atoms with Crippen LogP contribution in [0.2, 0.25) is 0 Å². The molecule has 14 nitrogen and oxygen atoms in total. The summed E-state index contributed by atoms with van der Waals surface area (Å²) in [7, 11) is 2.97. The van der Waals surface area contributed by atoms with E-state index in [1.165, 1.54) is 24.1 Å². The topological polar surface area (TPSA) is 202 Å². The van der Waals surface area contributed by atoms with E-state index in [4.69, 9.17) is 30.4 Å². The third-order valence-corrected chi connectivity index (χ3v) is 7.95. The summed E-state index contributed by atoms with van der Waals surface area (Å²) >= 11 is 0. The van der Waals surface area contributed by atoms with E-state index < -0.39 is 29.3 Å². The van der Waals surface area contributed by atoms with Gasteiger partial charge in [-0.05, 0) is 95.3 Å². The van der Waals surface area contributed by atoms with Gasteiger partial charge in [0.2, 0.25) is 11.7 Å². The summed E-state index contributed by atoms with van der Waals surface area (Å²) in [6.45, 7) is 8.36. The van der Waals surface area contributed by atoms with Crippen molar-refractivity contribution in [2.24, 2.45) is 5.73 Å². The Hall–Kier alpha value is -6.01. The molecule has 0 aliphatic carbocycles. The lowest BCUT2D eigenvalue weighted by atomic mass is 9.98. The molecule has 3 rings (SSSR count). The number of carbonyl (C=O) groups is 4. The van der Waals surface area contributed by atoms with E-state index in [1.54, 1.807) is 58.2 Å². The molecule has 54 heavy (non-hydrogen) atoms. The summed E-state index contributed by atoms with van der Waals surface area (Å²) in [6, 6.07) is 15.2. The van der Waals surface area contributed by atoms with Gasteiger partial charge in [-0.2, -0.15) is 0 Å². The minimum atomic E-state index is -0.606. The van der Waals surface area contributed by atoms with Crippen molar-refractivity contribution in [2.45, 2.75) is 65.4 Å². The summed E-state index contributed by atoms with van der Waals surface area (Å²) in [5, 5.41) is 5.54. The van der Waals surface area contributed by atoms with Gasteiger partial charge in [0.05, 0.1) is 54.1 Å². The zero-order valence-electron chi connectivity index (χ0n) is 31.8. The van der Waals surface area contributed by atoms with E-state index in [1.807, 2.05) is 25.0 Å². The number of para-hydroxylation sites is 1. The van der Waals surface area contributed by atoms with Crippen LogP contribution in [-0.4, -0.2) is 75.7 Å². The van der Waals surface area contributed by atoms with Crippen LogP contribution in [0.3, 0.4) is 0 Å². The number of ketones is 1. The molecule has 290 valence electrons. The number of hydrogen-bond donors (Lipinski definition) is 4. The van der Waals surface area contributed by atoms with Crippen molar-refractivity contribution in [2.75, 3.05) is 51.1 Å². The Balaban J connectivity index is 1.70. The van der Waals surface area contributed by atoms with Gasteiger partial charge in [0.15, 0.2) is 5.75 Å². The van der Waals surface area contributed by atoms with Crippen molar-refractivity contribution in [3.63, 3.8) is 0 Å². The van der Waals surface area contributed by atoms with Crippen LogP contribution in [0.15, 0.2) is 60.3 Å². The van der Waals surface area contributed by atoms with Crippen molar-refractivity contribution in [1.29, 1.82) is 0 Å². The fourth-order valence-corrected chi connectivity index (χ4v) is 5.27. The van der Waals surface area contributed by atoms with Crippen LogP contribution < -0.4 is 41.2 Å². The van der Waals surface area contributed by atoms with E-state index in [0.717, 1.165) is 5.56 Å². The highest BCUT2D eigenvalue weighted by Gasteiger charge is 2.26. The molecule has 0 fully saturated rings. The highest BCUT2D eigenvalue weighted by Crippen LogP contribution is 2.36. The molecule has 0 atom stereocenters. The Bertz CT molecular complexity index is 1850. The number of benzene rings is 3. The highest BCUT2D eigenvalue weighted by molar-refractivity contribution is 6.16. The second-order valence-corrected chi connectivity index (χ2v) is 13.4. The van der Waals surface area contributed by atoms with Gasteiger partial charge < -0.3 is 45.9 Å². The summed E-state index contributed by atoms with van der Waals surface area (Å²) in [5.41, 5.74) is 13.3. The van der Waals surface area contributed by atoms with Crippen LogP contribution in [-0.2, 0) is 14.3 Å². The van der Waals surface area contributed by atoms with E-state index in [2.05, 4.69) is 10.6 Å². The number of aryl methyl sites for hydroxylation is 1. The van der Waals surface area contributed by atoms with Crippen molar-refractivity contribution < 1.29 is 42.9 Å². The molecule has 0 bridgehead atoms. The third kappa shape index (κ3) is 12.6. The van der Waals surface area contributed by atoms with Crippen molar-refractivity contribution in [1.82, 2.24) is 10.6 Å². The Morgan fingerprint density at radius 3 is 2.20 bits per heavy atom. The van der Waals surface area contributed by atoms with Crippen LogP contribution in [0.1, 0.15) is 84.7 Å². The fourth-order valence-electron chi connectivity index (χ4n) is 5.27. The fraction of sp³-hybridized carbons (Fsp3) is 0.400. The maximum absolute atomic E-state index is 13.9. The number of nitrogens with two attached hydrogens (primary N) is 2. The molecule has 0 aliphatic rings. The minimum Gasteiger partial charge on any atom is -0.494 e. The molecular formula is C40H51N5O9. The Labute approximate surface area is 316 Å². The molecule has 0 heterocycles. The molecule has 14 heteroatoms. The molecule has 0 aliphatic heterocycles. The van der Waals surface area contributed by atoms with Gasteiger partial charge in [-0.3, -0.25) is 14.4 Å². The predicted molar refractivity (Wildman–Crippen MR) is 206 cm³/mol. The lowest BCUT2D eigenvalue weighted by Crippen LogP contribution is -2.33. The average molecular weight is 746 g/mol. The maximum atomic E-state index is 13.9. The van der Waals surface area contributed by atoms with Gasteiger partial charge in [0.25, 0.3) is 5.91 Å². The first-order valence-electron chi connectivity index (χ1n) is 17.6. The maximum Gasteiger partial charge on any atom is 0.407 e. The van der Waals surface area contributed by atoms with Gasteiger partial charge in [0, 0.05) is 26.6 Å². The average Bonchev–Trinajstić information content (AvgIpc) is 3.12. The summed E-state index contributed by atoms with van der Waals surface area (Å²) in [5.74, 6) is 1.39. The second-order valence-electron chi connectivity index (χ2n) is 13.4. The molecule has 0 saturated heterocycles. The number of primary amides is 1. The molecule has 0 spiro atoms. The number of amides is 3. The number of unbranched alkanes of at least 4 members (excludes halogenated alkanes) is 1. The quantitative estimate of drug-likeness (QED) is 0.0518. The zero-order valence-corrected chi connectivity index (χ0v) is 31.8. The zero-order chi connectivity index (χ0) is 39.8. The minimum absolute atomic E-state index is 0.00938. The number of nitrogen functional groups attached to an aromatic ring is 1. The van der Waals surface area contributed by atoms with Gasteiger partial charge in [-0.15, -0.1) is 0 Å². The lowest BCUT2D eigenvalue weighted by molar-refractivity contribution is -0.117. The molecule has 3 aromatic carbocycles. The van der Waals surface area contributed by atoms with Crippen molar-refractivity contribution in [3.05, 3.63) is 82.5 Å². The number of allylic oxidation sites excluding steroid dienone is 1. The van der Waals surface area contributed by atoms with Crippen molar-refractivity contribution in [3.8, 4) is 17.2 Å². The molecular weight excluding hydrogens is 694 g/mol. The standard InChI is InChI=1S/C40H51N5O9/c1-26-15-18-31(33(24-26)53-22-10-9-12-27(25-46)43-21-19-34(41)47)45(5)38(49)29-16-17-30(37(51-6)35(29)42)36(48)28-13-7-8-14-32(28)52-23-11-20-44-39(50)54-40(2,3)4/h7-8,13-18,24,43H,9-12,19-23,42H2,1-6H3,(H2,41,47)(H,44,50). The molecule has 0 aromatic heterocycles. The van der Waals surface area contributed by atoms with Crippen LogP contribution in [0, 0.1) is 6.92 Å². The van der Waals surface area contributed by atoms with E-state index in [0.29, 0.717) is 61.7 Å². The van der Waals surface area contributed by atoms with E-state index >= 15 is 0 Å². The summed E-state index contributed by atoms with van der Waals surface area (Å²) in [4.78, 5) is 63.2. The summed E-state index contributed by atoms with van der Waals surface area (Å²) < 4.78 is 22.8. The number of nitrogens with one attached hydrogen (secondary N) is 2. The van der Waals surface area contributed by atoms with Crippen LogP contribution in [0.5, 0.6) is 17.2 Å². The van der Waals surface area contributed by atoms with Gasteiger partial charge in [0.1, 0.15) is 23.0 Å².